The molecule has 2 aliphatic rings. The van der Waals surface area contributed by atoms with Crippen LogP contribution in [-0.4, -0.2) is 35.7 Å². The summed E-state index contributed by atoms with van der Waals surface area (Å²) in [6, 6.07) is 0.157. The van der Waals surface area contributed by atoms with E-state index >= 15 is 0 Å². The second-order valence-electron chi connectivity index (χ2n) is 4.87. The van der Waals surface area contributed by atoms with E-state index in [1.165, 1.54) is 12.8 Å². The first-order valence-electron chi connectivity index (χ1n) is 5.88. The lowest BCUT2D eigenvalue weighted by Crippen LogP contribution is -2.46. The number of carbonyl (C=O) groups excluding carboxylic acids is 1. The summed E-state index contributed by atoms with van der Waals surface area (Å²) in [5.74, 6) is 0.658. The fourth-order valence-corrected chi connectivity index (χ4v) is 2.56. The van der Waals surface area contributed by atoms with Crippen LogP contribution in [0, 0.1) is 5.92 Å². The van der Waals surface area contributed by atoms with E-state index < -0.39 is 0 Å². The number of carbonyl (C=O) groups is 1. The zero-order valence-electron chi connectivity index (χ0n) is 9.20. The van der Waals surface area contributed by atoms with Gasteiger partial charge in [0.25, 0.3) is 0 Å². The molecule has 1 aliphatic heterocycles. The Morgan fingerprint density at radius 1 is 1.47 bits per heavy atom. The Bertz CT molecular complexity index is 245. The summed E-state index contributed by atoms with van der Waals surface area (Å²) in [4.78, 5) is 11.8. The number of β-amino-alcohol motifs (C(OH)–C–C–N with tert-alkyl or cyclic N) is 1. The molecule has 4 nitrogen and oxygen atoms in total. The molecular formula is C11H20N2O2. The lowest BCUT2D eigenvalue weighted by atomic mass is 10.1. The Hall–Kier alpha value is -0.610. The number of nitrogens with one attached hydrogen (secondary N) is 2. The molecule has 4 heteroatoms. The largest absolute Gasteiger partial charge is 0.392 e. The van der Waals surface area contributed by atoms with Gasteiger partial charge < -0.3 is 15.7 Å². The maximum absolute atomic E-state index is 11.8. The maximum atomic E-state index is 11.8. The van der Waals surface area contributed by atoms with Crippen molar-refractivity contribution in [3.63, 3.8) is 0 Å². The fraction of sp³-hybridized carbons (Fsp3) is 0.909. The molecule has 0 bridgehead atoms. The molecule has 2 unspecified atom stereocenters. The molecule has 1 aliphatic carbocycles. The van der Waals surface area contributed by atoms with Crippen LogP contribution in [0.25, 0.3) is 0 Å². The molecule has 15 heavy (non-hydrogen) atoms. The molecule has 1 saturated carbocycles. The lowest BCUT2D eigenvalue weighted by molar-refractivity contribution is -0.123. The van der Waals surface area contributed by atoms with Crippen molar-refractivity contribution < 1.29 is 9.90 Å². The van der Waals surface area contributed by atoms with Gasteiger partial charge in [-0.15, -0.1) is 0 Å². The van der Waals surface area contributed by atoms with Gasteiger partial charge in [-0.05, 0) is 25.2 Å². The summed E-state index contributed by atoms with van der Waals surface area (Å²) in [6.07, 6.45) is 3.72. The number of aliphatic hydroxyl groups is 1. The lowest BCUT2D eigenvalue weighted by Gasteiger charge is -2.19. The van der Waals surface area contributed by atoms with Gasteiger partial charge in [0.2, 0.25) is 5.91 Å². The van der Waals surface area contributed by atoms with Crippen LogP contribution in [0.15, 0.2) is 0 Å². The minimum Gasteiger partial charge on any atom is -0.392 e. The van der Waals surface area contributed by atoms with Crippen LogP contribution < -0.4 is 10.6 Å². The van der Waals surface area contributed by atoms with E-state index in [9.17, 15) is 9.90 Å². The highest BCUT2D eigenvalue weighted by atomic mass is 16.3. The summed E-state index contributed by atoms with van der Waals surface area (Å²) >= 11 is 0. The Kier molecular flexibility index (Phi) is 3.26. The second kappa shape index (κ2) is 4.49. The highest BCUT2D eigenvalue weighted by molar-refractivity contribution is 5.82. The van der Waals surface area contributed by atoms with Crippen molar-refractivity contribution in [3.8, 4) is 0 Å². The Morgan fingerprint density at radius 3 is 2.80 bits per heavy atom. The predicted molar refractivity (Wildman–Crippen MR) is 57.4 cm³/mol. The van der Waals surface area contributed by atoms with Gasteiger partial charge >= 0.3 is 0 Å². The minimum absolute atomic E-state index is 0.0605. The summed E-state index contributed by atoms with van der Waals surface area (Å²) in [6.45, 7) is 2.73. The molecule has 3 N–H and O–H groups in total. The molecule has 2 rings (SSSR count). The van der Waals surface area contributed by atoms with Crippen molar-refractivity contribution in [3.05, 3.63) is 0 Å². The van der Waals surface area contributed by atoms with Crippen molar-refractivity contribution in [2.45, 2.75) is 50.8 Å². The molecule has 0 aromatic rings. The van der Waals surface area contributed by atoms with Crippen LogP contribution in [0.2, 0.25) is 0 Å². The first kappa shape index (κ1) is 10.9. The third kappa shape index (κ3) is 2.49. The summed E-state index contributed by atoms with van der Waals surface area (Å²) in [5, 5.41) is 15.4. The smallest absolute Gasteiger partial charge is 0.237 e. The molecule has 0 aromatic heterocycles. The van der Waals surface area contributed by atoms with E-state index in [0.29, 0.717) is 24.9 Å². The van der Waals surface area contributed by atoms with Crippen LogP contribution in [0.4, 0.5) is 0 Å². The average molecular weight is 212 g/mol. The molecule has 2 fully saturated rings. The molecule has 0 aromatic carbocycles. The molecule has 1 heterocycles. The van der Waals surface area contributed by atoms with Gasteiger partial charge in [-0.1, -0.05) is 13.3 Å². The van der Waals surface area contributed by atoms with Crippen molar-refractivity contribution in [2.24, 2.45) is 5.92 Å². The number of hydrogen-bond donors (Lipinski definition) is 3. The molecular weight excluding hydrogens is 192 g/mol. The monoisotopic (exact) mass is 212 g/mol. The second-order valence-corrected chi connectivity index (χ2v) is 4.87. The Labute approximate surface area is 90.4 Å². The van der Waals surface area contributed by atoms with Crippen molar-refractivity contribution >= 4 is 5.91 Å². The minimum atomic E-state index is -0.359. The maximum Gasteiger partial charge on any atom is 0.237 e. The van der Waals surface area contributed by atoms with E-state index in [0.717, 1.165) is 6.42 Å². The number of rotatable bonds is 2. The summed E-state index contributed by atoms with van der Waals surface area (Å²) < 4.78 is 0. The molecule has 86 valence electrons. The Morgan fingerprint density at radius 2 is 2.27 bits per heavy atom. The van der Waals surface area contributed by atoms with Gasteiger partial charge in [-0.2, -0.15) is 0 Å². The predicted octanol–water partition coefficient (Wildman–Crippen LogP) is 0.0140. The van der Waals surface area contributed by atoms with Gasteiger partial charge in [-0.3, -0.25) is 4.79 Å². The van der Waals surface area contributed by atoms with Gasteiger partial charge in [0.1, 0.15) is 0 Å². The van der Waals surface area contributed by atoms with Gasteiger partial charge in [0, 0.05) is 12.6 Å². The molecule has 0 radical (unpaired) electrons. The zero-order chi connectivity index (χ0) is 10.8. The normalized spacial score (nSPS) is 40.7. The van der Waals surface area contributed by atoms with Crippen molar-refractivity contribution in [2.75, 3.05) is 6.54 Å². The number of amides is 1. The highest BCUT2D eigenvalue weighted by Gasteiger charge is 2.31. The van der Waals surface area contributed by atoms with Crippen LogP contribution in [0.5, 0.6) is 0 Å². The molecule has 1 amide bonds. The SMILES string of the molecule is CC1CCCC1NC(=O)[C@H]1C[C@H](O)CN1. The van der Waals surface area contributed by atoms with Gasteiger partial charge in [0.05, 0.1) is 12.1 Å². The summed E-state index contributed by atoms with van der Waals surface area (Å²) in [5.41, 5.74) is 0. The van der Waals surface area contributed by atoms with E-state index in [-0.39, 0.29) is 18.1 Å². The molecule has 4 atom stereocenters. The first-order chi connectivity index (χ1) is 7.16. The van der Waals surface area contributed by atoms with Crippen molar-refractivity contribution in [1.82, 2.24) is 10.6 Å². The van der Waals surface area contributed by atoms with Gasteiger partial charge in [0.15, 0.2) is 0 Å². The van der Waals surface area contributed by atoms with E-state index in [4.69, 9.17) is 0 Å². The zero-order valence-corrected chi connectivity index (χ0v) is 9.20. The van der Waals surface area contributed by atoms with Crippen LogP contribution in [0.1, 0.15) is 32.6 Å². The van der Waals surface area contributed by atoms with Crippen molar-refractivity contribution in [1.29, 1.82) is 0 Å². The Balaban J connectivity index is 1.81. The van der Waals surface area contributed by atoms with Crippen LogP contribution >= 0.6 is 0 Å². The number of hydrogen-bond acceptors (Lipinski definition) is 3. The third-order valence-electron chi connectivity index (χ3n) is 3.61. The highest BCUT2D eigenvalue weighted by Crippen LogP contribution is 2.25. The van der Waals surface area contributed by atoms with E-state index in [2.05, 4.69) is 17.6 Å². The van der Waals surface area contributed by atoms with Crippen LogP contribution in [-0.2, 0) is 4.79 Å². The van der Waals surface area contributed by atoms with E-state index in [1.807, 2.05) is 0 Å². The molecule has 1 saturated heterocycles. The third-order valence-corrected chi connectivity index (χ3v) is 3.61. The molecule has 0 spiro atoms. The van der Waals surface area contributed by atoms with E-state index in [1.54, 1.807) is 0 Å². The first-order valence-corrected chi connectivity index (χ1v) is 5.88. The quantitative estimate of drug-likeness (QED) is 0.604. The topological polar surface area (TPSA) is 61.4 Å². The number of aliphatic hydroxyl groups excluding tert-OH is 1. The summed E-state index contributed by atoms with van der Waals surface area (Å²) in [7, 11) is 0. The average Bonchev–Trinajstić information content (AvgIpc) is 2.77. The van der Waals surface area contributed by atoms with Gasteiger partial charge in [-0.25, -0.2) is 0 Å². The fourth-order valence-electron chi connectivity index (χ4n) is 2.56. The van der Waals surface area contributed by atoms with Crippen LogP contribution in [0.3, 0.4) is 0 Å². The standard InChI is InChI=1S/C11H20N2O2/c1-7-3-2-4-9(7)13-11(15)10-5-8(14)6-12-10/h7-10,12,14H,2-6H2,1H3,(H,13,15)/t7?,8-,9?,10+/m0/s1.